The number of thiocarbonyl (C=S) groups is 1. The topological polar surface area (TPSA) is 24.1 Å². The average molecular weight is 342 g/mol. The van der Waals surface area contributed by atoms with E-state index < -0.39 is 17.6 Å². The second-order valence-electron chi connectivity index (χ2n) is 4.82. The molecule has 0 unspecified atom stereocenters. The maximum Gasteiger partial charge on any atom is 0.416 e. The van der Waals surface area contributed by atoms with Crippen LogP contribution in [0.15, 0.2) is 42.5 Å². The van der Waals surface area contributed by atoms with Crippen LogP contribution in [-0.4, -0.2) is 5.11 Å². The standard InChI is InChI=1S/C16H14F4N2S/c1-2-10-3-6-12(7-4-10)21-15(23)22-14-9-11(16(18,19)20)5-8-13(14)17/h3-9H,2H2,1H3,(H2,21,22,23). The maximum atomic E-state index is 13.6. The molecule has 0 amide bonds. The van der Waals surface area contributed by atoms with Crippen molar-refractivity contribution in [2.24, 2.45) is 0 Å². The van der Waals surface area contributed by atoms with Gasteiger partial charge in [0.05, 0.1) is 11.3 Å². The third kappa shape index (κ3) is 4.66. The van der Waals surface area contributed by atoms with Gasteiger partial charge in [-0.1, -0.05) is 19.1 Å². The molecule has 2 aromatic rings. The Bertz CT molecular complexity index is 696. The molecule has 0 aliphatic carbocycles. The summed E-state index contributed by atoms with van der Waals surface area (Å²) in [6.07, 6.45) is -3.66. The van der Waals surface area contributed by atoms with Crippen molar-refractivity contribution >= 4 is 28.7 Å². The van der Waals surface area contributed by atoms with Gasteiger partial charge in [0.2, 0.25) is 0 Å². The molecule has 0 saturated carbocycles. The first-order valence-corrected chi connectivity index (χ1v) is 7.24. The summed E-state index contributed by atoms with van der Waals surface area (Å²) >= 11 is 5.01. The van der Waals surface area contributed by atoms with Crippen LogP contribution in [0.5, 0.6) is 0 Å². The predicted octanol–water partition coefficient (Wildman–Crippen LogP) is 5.22. The quantitative estimate of drug-likeness (QED) is 0.591. The van der Waals surface area contributed by atoms with Crippen LogP contribution < -0.4 is 10.6 Å². The lowest BCUT2D eigenvalue weighted by atomic mass is 10.1. The van der Waals surface area contributed by atoms with E-state index in [1.54, 1.807) is 12.1 Å². The van der Waals surface area contributed by atoms with Crippen LogP contribution in [-0.2, 0) is 12.6 Å². The Hall–Kier alpha value is -2.15. The van der Waals surface area contributed by atoms with Gasteiger partial charge in [-0.3, -0.25) is 0 Å². The Morgan fingerprint density at radius 1 is 1.04 bits per heavy atom. The van der Waals surface area contributed by atoms with Crippen molar-refractivity contribution < 1.29 is 17.6 Å². The van der Waals surface area contributed by atoms with E-state index in [4.69, 9.17) is 12.2 Å². The van der Waals surface area contributed by atoms with Crippen molar-refractivity contribution in [2.75, 3.05) is 10.6 Å². The van der Waals surface area contributed by atoms with Crippen molar-refractivity contribution in [1.29, 1.82) is 0 Å². The van der Waals surface area contributed by atoms with E-state index in [1.165, 1.54) is 0 Å². The first-order valence-electron chi connectivity index (χ1n) is 6.83. The molecule has 0 aromatic heterocycles. The van der Waals surface area contributed by atoms with Gasteiger partial charge < -0.3 is 10.6 Å². The molecule has 2 nitrogen and oxygen atoms in total. The van der Waals surface area contributed by atoms with Crippen molar-refractivity contribution in [3.63, 3.8) is 0 Å². The number of anilines is 2. The number of nitrogens with one attached hydrogen (secondary N) is 2. The zero-order valence-electron chi connectivity index (χ0n) is 12.2. The molecule has 23 heavy (non-hydrogen) atoms. The molecule has 2 rings (SSSR count). The molecule has 0 aliphatic heterocycles. The molecule has 0 atom stereocenters. The third-order valence-electron chi connectivity index (χ3n) is 3.16. The number of halogens is 4. The van der Waals surface area contributed by atoms with Crippen LogP contribution in [0.3, 0.4) is 0 Å². The number of benzene rings is 2. The first kappa shape index (κ1) is 17.2. The zero-order chi connectivity index (χ0) is 17.0. The highest BCUT2D eigenvalue weighted by Crippen LogP contribution is 2.31. The van der Waals surface area contributed by atoms with E-state index in [0.29, 0.717) is 17.8 Å². The van der Waals surface area contributed by atoms with E-state index in [1.807, 2.05) is 19.1 Å². The minimum absolute atomic E-state index is 0.00692. The molecule has 2 aromatic carbocycles. The lowest BCUT2D eigenvalue weighted by molar-refractivity contribution is -0.137. The summed E-state index contributed by atoms with van der Waals surface area (Å²) in [6.45, 7) is 2.02. The number of aryl methyl sites for hydroxylation is 1. The minimum atomic E-state index is -4.55. The minimum Gasteiger partial charge on any atom is -0.332 e. The van der Waals surface area contributed by atoms with Gasteiger partial charge in [-0.15, -0.1) is 0 Å². The van der Waals surface area contributed by atoms with Gasteiger partial charge in [0, 0.05) is 5.69 Å². The van der Waals surface area contributed by atoms with E-state index in [2.05, 4.69) is 10.6 Å². The summed E-state index contributed by atoms with van der Waals surface area (Å²) in [5.41, 5.74) is 0.518. The lowest BCUT2D eigenvalue weighted by Gasteiger charge is -2.13. The van der Waals surface area contributed by atoms with Gasteiger partial charge in [-0.2, -0.15) is 13.2 Å². The molecular weight excluding hydrogens is 328 g/mol. The van der Waals surface area contributed by atoms with Crippen LogP contribution in [0.1, 0.15) is 18.1 Å². The number of hydrogen-bond donors (Lipinski definition) is 2. The Morgan fingerprint density at radius 2 is 1.70 bits per heavy atom. The molecule has 122 valence electrons. The normalized spacial score (nSPS) is 11.2. The van der Waals surface area contributed by atoms with E-state index in [9.17, 15) is 17.6 Å². The van der Waals surface area contributed by atoms with E-state index in [0.717, 1.165) is 18.1 Å². The Balaban J connectivity index is 2.10. The fourth-order valence-electron chi connectivity index (χ4n) is 1.91. The SMILES string of the molecule is CCc1ccc(NC(=S)Nc2cc(C(F)(F)F)ccc2F)cc1. The van der Waals surface area contributed by atoms with Crippen LogP contribution in [0.25, 0.3) is 0 Å². The maximum absolute atomic E-state index is 13.6. The van der Waals surface area contributed by atoms with Gasteiger partial charge in [-0.25, -0.2) is 4.39 Å². The molecule has 0 bridgehead atoms. The van der Waals surface area contributed by atoms with Crippen molar-refractivity contribution in [2.45, 2.75) is 19.5 Å². The third-order valence-corrected chi connectivity index (χ3v) is 3.37. The van der Waals surface area contributed by atoms with Gasteiger partial charge in [0.15, 0.2) is 5.11 Å². The Kier molecular flexibility index (Phi) is 5.20. The number of alkyl halides is 3. The summed E-state index contributed by atoms with van der Waals surface area (Å²) in [5, 5.41) is 5.25. The molecule has 0 saturated heterocycles. The Labute approximate surface area is 136 Å². The Morgan fingerprint density at radius 3 is 2.26 bits per heavy atom. The zero-order valence-corrected chi connectivity index (χ0v) is 13.0. The molecule has 0 radical (unpaired) electrons. The summed E-state index contributed by atoms with van der Waals surface area (Å²) in [6, 6.07) is 9.49. The molecule has 0 aliphatic rings. The van der Waals surface area contributed by atoms with Gasteiger partial charge >= 0.3 is 6.18 Å². The van der Waals surface area contributed by atoms with Gasteiger partial charge in [0.25, 0.3) is 0 Å². The first-order chi connectivity index (χ1) is 10.8. The molecule has 7 heteroatoms. The molecule has 0 spiro atoms. The molecular formula is C16H14F4N2S. The molecule has 0 heterocycles. The molecule has 0 fully saturated rings. The van der Waals surface area contributed by atoms with Crippen molar-refractivity contribution in [1.82, 2.24) is 0 Å². The highest BCUT2D eigenvalue weighted by Gasteiger charge is 2.31. The van der Waals surface area contributed by atoms with E-state index >= 15 is 0 Å². The van der Waals surface area contributed by atoms with Crippen molar-refractivity contribution in [3.8, 4) is 0 Å². The van der Waals surface area contributed by atoms with Crippen LogP contribution in [0, 0.1) is 5.82 Å². The average Bonchev–Trinajstić information content (AvgIpc) is 2.49. The summed E-state index contributed by atoms with van der Waals surface area (Å²) in [4.78, 5) is 0. The van der Waals surface area contributed by atoms with Gasteiger partial charge in [0.1, 0.15) is 5.82 Å². The number of hydrogen-bond acceptors (Lipinski definition) is 1. The van der Waals surface area contributed by atoms with E-state index in [-0.39, 0.29) is 10.8 Å². The predicted molar refractivity (Wildman–Crippen MR) is 87.1 cm³/mol. The smallest absolute Gasteiger partial charge is 0.332 e. The van der Waals surface area contributed by atoms with Crippen molar-refractivity contribution in [3.05, 3.63) is 59.4 Å². The highest BCUT2D eigenvalue weighted by molar-refractivity contribution is 7.80. The van der Waals surface area contributed by atoms with Crippen LogP contribution in [0.2, 0.25) is 0 Å². The molecule has 2 N–H and O–H groups in total. The van der Waals surface area contributed by atoms with Crippen LogP contribution in [0.4, 0.5) is 28.9 Å². The fourth-order valence-corrected chi connectivity index (χ4v) is 2.13. The lowest BCUT2D eigenvalue weighted by Crippen LogP contribution is -2.20. The number of rotatable bonds is 3. The monoisotopic (exact) mass is 342 g/mol. The van der Waals surface area contributed by atoms with Crippen LogP contribution >= 0.6 is 12.2 Å². The second kappa shape index (κ2) is 6.95. The van der Waals surface area contributed by atoms with Gasteiger partial charge in [-0.05, 0) is 54.5 Å². The fraction of sp³-hybridized carbons (Fsp3) is 0.188. The highest BCUT2D eigenvalue weighted by atomic mass is 32.1. The summed E-state index contributed by atoms with van der Waals surface area (Å²) in [5.74, 6) is -0.816. The largest absolute Gasteiger partial charge is 0.416 e. The summed E-state index contributed by atoms with van der Waals surface area (Å²) < 4.78 is 51.6. The second-order valence-corrected chi connectivity index (χ2v) is 5.23. The summed E-state index contributed by atoms with van der Waals surface area (Å²) in [7, 11) is 0.